The Morgan fingerprint density at radius 1 is 1.20 bits per heavy atom. The number of fused-ring (bicyclic) bond motifs is 5. The van der Waals surface area contributed by atoms with Gasteiger partial charge in [0.1, 0.15) is 0 Å². The van der Waals surface area contributed by atoms with Crippen LogP contribution in [0.4, 0.5) is 0 Å². The minimum atomic E-state index is -4.43. The number of oxime groups is 1. The summed E-state index contributed by atoms with van der Waals surface area (Å²) in [6, 6.07) is 0. The fourth-order valence-electron chi connectivity index (χ4n) is 6.99. The van der Waals surface area contributed by atoms with Gasteiger partial charge in [0.25, 0.3) is 0 Å². The van der Waals surface area contributed by atoms with E-state index in [-0.39, 0.29) is 10.8 Å². The molecule has 0 amide bonds. The molecule has 0 radical (unpaired) electrons. The Hall–Kier alpha value is -1.45. The predicted molar refractivity (Wildman–Crippen MR) is 109 cm³/mol. The summed E-state index contributed by atoms with van der Waals surface area (Å²) in [7, 11) is -4.43. The Labute approximate surface area is 177 Å². The van der Waals surface area contributed by atoms with Gasteiger partial charge in [-0.1, -0.05) is 30.7 Å². The number of hydrogen-bond donors (Lipinski definition) is 2. The third kappa shape index (κ3) is 3.80. The van der Waals surface area contributed by atoms with Crippen molar-refractivity contribution in [3.63, 3.8) is 0 Å². The summed E-state index contributed by atoms with van der Waals surface area (Å²) in [5, 5.41) is 13.0. The third-order valence-electron chi connectivity index (χ3n) is 8.42. The highest BCUT2D eigenvalue weighted by atomic mass is 32.3. The van der Waals surface area contributed by atoms with Crippen molar-refractivity contribution in [3.8, 4) is 0 Å². The first-order valence-electron chi connectivity index (χ1n) is 10.8. The topological polar surface area (TPSA) is 122 Å². The van der Waals surface area contributed by atoms with Crippen LogP contribution in [0.15, 0.2) is 16.8 Å². The van der Waals surface area contributed by atoms with E-state index in [0.717, 1.165) is 44.2 Å². The van der Waals surface area contributed by atoms with E-state index in [1.807, 2.05) is 0 Å². The second-order valence-corrected chi connectivity index (χ2v) is 10.9. The fraction of sp³-hybridized carbons (Fsp3) is 0.810. The van der Waals surface area contributed by atoms with Crippen molar-refractivity contribution in [1.29, 1.82) is 0 Å². The summed E-state index contributed by atoms with van der Waals surface area (Å²) in [4.78, 5) is 15.8. The maximum absolute atomic E-state index is 11.1. The highest BCUT2D eigenvalue weighted by molar-refractivity contribution is 7.80. The van der Waals surface area contributed by atoms with Gasteiger partial charge < -0.3 is 9.94 Å². The lowest BCUT2D eigenvalue weighted by molar-refractivity contribution is -0.142. The maximum Gasteiger partial charge on any atom is 0.397 e. The van der Waals surface area contributed by atoms with Crippen LogP contribution < -0.4 is 0 Å². The van der Waals surface area contributed by atoms with Crippen LogP contribution in [0, 0.1) is 28.6 Å². The number of carboxylic acids is 1. The molecule has 4 aliphatic rings. The van der Waals surface area contributed by atoms with Crippen LogP contribution in [0.5, 0.6) is 0 Å². The van der Waals surface area contributed by atoms with Gasteiger partial charge in [0, 0.05) is 5.41 Å². The lowest BCUT2D eigenvalue weighted by Gasteiger charge is -2.57. The molecule has 4 aliphatic carbocycles. The van der Waals surface area contributed by atoms with Gasteiger partial charge in [-0.05, 0) is 74.5 Å². The highest BCUT2D eigenvalue weighted by Gasteiger charge is 2.58. The molecule has 0 aromatic carbocycles. The zero-order chi connectivity index (χ0) is 21.7. The molecule has 0 heterocycles. The van der Waals surface area contributed by atoms with Crippen LogP contribution in [0.2, 0.25) is 0 Å². The molecule has 0 aromatic rings. The van der Waals surface area contributed by atoms with E-state index in [9.17, 15) is 13.2 Å². The van der Waals surface area contributed by atoms with Crippen LogP contribution >= 0.6 is 0 Å². The Morgan fingerprint density at radius 3 is 2.60 bits per heavy atom. The van der Waals surface area contributed by atoms with Gasteiger partial charge in [0.2, 0.25) is 6.61 Å². The number of hydrogen-bond acceptors (Lipinski definition) is 6. The van der Waals surface area contributed by atoms with Crippen molar-refractivity contribution in [2.75, 3.05) is 6.61 Å². The predicted octanol–water partition coefficient (Wildman–Crippen LogP) is 3.59. The molecule has 30 heavy (non-hydrogen) atoms. The fourth-order valence-corrected chi connectivity index (χ4v) is 7.49. The first-order chi connectivity index (χ1) is 14.0. The molecule has 0 saturated heterocycles. The zero-order valence-corrected chi connectivity index (χ0v) is 18.4. The van der Waals surface area contributed by atoms with E-state index in [4.69, 9.17) is 18.7 Å². The van der Waals surface area contributed by atoms with Gasteiger partial charge >= 0.3 is 16.4 Å². The number of aliphatic carboxylic acids is 1. The number of allylic oxidation sites excluding steroid dienone is 1. The number of rotatable bonds is 5. The van der Waals surface area contributed by atoms with Crippen LogP contribution in [-0.2, 0) is 24.2 Å². The van der Waals surface area contributed by atoms with Crippen LogP contribution in [0.3, 0.4) is 0 Å². The molecule has 0 aliphatic heterocycles. The van der Waals surface area contributed by atoms with Crippen molar-refractivity contribution in [2.24, 2.45) is 33.7 Å². The molecular formula is C21H31NO7S. The van der Waals surface area contributed by atoms with Gasteiger partial charge in [-0.2, -0.15) is 8.42 Å². The van der Waals surface area contributed by atoms with Gasteiger partial charge in [0.15, 0.2) is 0 Å². The van der Waals surface area contributed by atoms with Crippen LogP contribution in [0.25, 0.3) is 0 Å². The standard InChI is InChI=1S/C21H31NO7S/c1-20-9-7-14(29-30(25,26)27)11-13(20)3-4-15-16-5-6-18(22-28-12-19(23)24)21(16,2)10-8-17(15)20/h3,14-17H,4-12H2,1-2H3,(H,23,24)(H,25,26,27)/b22-18-/t14-,15-,16-,17-,20-,21-/m0/s1. The molecule has 8 nitrogen and oxygen atoms in total. The molecule has 168 valence electrons. The van der Waals surface area contributed by atoms with Crippen molar-refractivity contribution in [3.05, 3.63) is 11.6 Å². The highest BCUT2D eigenvalue weighted by Crippen LogP contribution is 2.64. The van der Waals surface area contributed by atoms with E-state index >= 15 is 0 Å². The average molecular weight is 442 g/mol. The summed E-state index contributed by atoms with van der Waals surface area (Å²) >= 11 is 0. The molecule has 2 N–H and O–H groups in total. The minimum Gasteiger partial charge on any atom is -0.479 e. The largest absolute Gasteiger partial charge is 0.479 e. The Bertz CT molecular complexity index is 882. The molecule has 3 saturated carbocycles. The van der Waals surface area contributed by atoms with Gasteiger partial charge in [-0.15, -0.1) is 0 Å². The zero-order valence-electron chi connectivity index (χ0n) is 17.5. The molecule has 0 spiro atoms. The van der Waals surface area contributed by atoms with Crippen molar-refractivity contribution < 1.29 is 31.9 Å². The summed E-state index contributed by atoms with van der Waals surface area (Å²) in [5.41, 5.74) is 2.25. The molecule has 3 fully saturated rings. The third-order valence-corrected chi connectivity index (χ3v) is 8.94. The normalized spacial score (nSPS) is 42.1. The van der Waals surface area contributed by atoms with Gasteiger partial charge in [-0.3, -0.25) is 4.55 Å². The van der Waals surface area contributed by atoms with Crippen molar-refractivity contribution >= 4 is 22.1 Å². The Balaban J connectivity index is 1.53. The van der Waals surface area contributed by atoms with Crippen molar-refractivity contribution in [2.45, 2.75) is 71.3 Å². The molecule has 0 aromatic heterocycles. The van der Waals surface area contributed by atoms with E-state index in [2.05, 4.69) is 25.1 Å². The summed E-state index contributed by atoms with van der Waals surface area (Å²) in [6.07, 6.45) is 8.73. The van der Waals surface area contributed by atoms with Gasteiger partial charge in [0.05, 0.1) is 11.8 Å². The van der Waals surface area contributed by atoms with Crippen LogP contribution in [0.1, 0.15) is 65.2 Å². The lowest BCUT2D eigenvalue weighted by Crippen LogP contribution is -2.50. The average Bonchev–Trinajstić information content (AvgIpc) is 2.97. The van der Waals surface area contributed by atoms with E-state index < -0.39 is 29.1 Å². The Morgan fingerprint density at radius 2 is 1.90 bits per heavy atom. The molecule has 9 heteroatoms. The molecule has 0 bridgehead atoms. The van der Waals surface area contributed by atoms with Gasteiger partial charge in [-0.25, -0.2) is 8.98 Å². The second-order valence-electron chi connectivity index (χ2n) is 9.85. The first kappa shape index (κ1) is 21.8. The molecular weight excluding hydrogens is 410 g/mol. The quantitative estimate of drug-likeness (QED) is 0.380. The van der Waals surface area contributed by atoms with E-state index in [1.165, 1.54) is 5.57 Å². The lowest BCUT2D eigenvalue weighted by atomic mass is 9.48. The molecule has 4 rings (SSSR count). The summed E-state index contributed by atoms with van der Waals surface area (Å²) in [6.45, 7) is 4.15. The smallest absolute Gasteiger partial charge is 0.397 e. The SMILES string of the molecule is C[C@]12CC[C@H](OS(=O)(=O)O)CC1=CC[C@@H]1[C@@H]2CC[C@]2(C)/C(=N\OCC(=O)O)CC[C@@H]12. The summed E-state index contributed by atoms with van der Waals surface area (Å²) in [5.74, 6) is 0.532. The molecule has 0 unspecified atom stereocenters. The number of nitrogens with zero attached hydrogens (tertiary/aromatic N) is 1. The number of carboxylic acid groups (broad SMARTS) is 1. The van der Waals surface area contributed by atoms with Crippen molar-refractivity contribution in [1.82, 2.24) is 0 Å². The second kappa shape index (κ2) is 7.60. The monoisotopic (exact) mass is 441 g/mol. The number of carbonyl (C=O) groups is 1. The van der Waals surface area contributed by atoms with Crippen LogP contribution in [-0.4, -0.2) is 42.5 Å². The first-order valence-corrected chi connectivity index (χ1v) is 12.2. The Kier molecular flexibility index (Phi) is 5.51. The van der Waals surface area contributed by atoms with E-state index in [1.54, 1.807) is 0 Å². The molecule has 6 atom stereocenters. The van der Waals surface area contributed by atoms with E-state index in [0.29, 0.717) is 30.6 Å². The summed E-state index contributed by atoms with van der Waals surface area (Å²) < 4.78 is 36.2. The maximum atomic E-state index is 11.1. The minimum absolute atomic E-state index is 0.0308.